The molecule has 2 rings (SSSR count). The largest absolute Gasteiger partial charge is 0.294 e. The summed E-state index contributed by atoms with van der Waals surface area (Å²) in [7, 11) is 0. The van der Waals surface area contributed by atoms with Crippen LogP contribution < -0.4 is 11.3 Å². The summed E-state index contributed by atoms with van der Waals surface area (Å²) in [6.07, 6.45) is 3.47. The van der Waals surface area contributed by atoms with Crippen LogP contribution in [0, 0.1) is 22.7 Å². The average molecular weight is 196 g/mol. The molecule has 0 radical (unpaired) electrons. The Labute approximate surface area is 85.4 Å². The molecule has 2 bridgehead atoms. The van der Waals surface area contributed by atoms with Crippen molar-refractivity contribution in [2.45, 2.75) is 40.0 Å². The van der Waals surface area contributed by atoms with Gasteiger partial charge in [0.05, 0.1) is 0 Å². The van der Waals surface area contributed by atoms with Crippen LogP contribution >= 0.6 is 0 Å². The molecule has 0 heterocycles. The molecule has 80 valence electrons. The van der Waals surface area contributed by atoms with Crippen molar-refractivity contribution in [2.75, 3.05) is 0 Å². The van der Waals surface area contributed by atoms with E-state index < -0.39 is 0 Å². The van der Waals surface area contributed by atoms with E-state index in [1.54, 1.807) is 0 Å². The van der Waals surface area contributed by atoms with Crippen LogP contribution in [-0.4, -0.2) is 5.91 Å². The van der Waals surface area contributed by atoms with E-state index in [9.17, 15) is 4.79 Å². The third-order valence-corrected chi connectivity index (χ3v) is 5.25. The van der Waals surface area contributed by atoms with Crippen molar-refractivity contribution in [1.29, 1.82) is 0 Å². The van der Waals surface area contributed by atoms with Gasteiger partial charge in [0, 0.05) is 5.92 Å². The summed E-state index contributed by atoms with van der Waals surface area (Å²) < 4.78 is 0. The van der Waals surface area contributed by atoms with Gasteiger partial charge in [-0.1, -0.05) is 20.8 Å². The first-order chi connectivity index (χ1) is 6.43. The van der Waals surface area contributed by atoms with Gasteiger partial charge in [-0.25, -0.2) is 5.84 Å². The predicted molar refractivity (Wildman–Crippen MR) is 55.0 cm³/mol. The second kappa shape index (κ2) is 2.72. The van der Waals surface area contributed by atoms with Gasteiger partial charge in [0.25, 0.3) is 0 Å². The number of carbonyl (C=O) groups excluding carboxylic acids is 1. The number of hydrogen-bond acceptors (Lipinski definition) is 2. The molecule has 0 aromatic heterocycles. The highest BCUT2D eigenvalue weighted by Crippen LogP contribution is 2.67. The molecule has 3 atom stereocenters. The third kappa shape index (κ3) is 0.937. The van der Waals surface area contributed by atoms with Gasteiger partial charge in [0.2, 0.25) is 5.91 Å². The molecular formula is C11H20N2O. The molecule has 0 spiro atoms. The van der Waals surface area contributed by atoms with Crippen LogP contribution in [0.1, 0.15) is 40.0 Å². The van der Waals surface area contributed by atoms with E-state index >= 15 is 0 Å². The second-order valence-electron chi connectivity index (χ2n) is 5.67. The van der Waals surface area contributed by atoms with E-state index in [1.165, 1.54) is 12.8 Å². The zero-order valence-corrected chi connectivity index (χ0v) is 9.26. The quantitative estimate of drug-likeness (QED) is 0.379. The maximum absolute atomic E-state index is 11.7. The Balaban J connectivity index is 2.31. The van der Waals surface area contributed by atoms with E-state index in [0.29, 0.717) is 11.3 Å². The minimum atomic E-state index is 0.0303. The number of hydrogen-bond donors (Lipinski definition) is 2. The van der Waals surface area contributed by atoms with E-state index in [-0.39, 0.29) is 17.2 Å². The summed E-state index contributed by atoms with van der Waals surface area (Å²) in [4.78, 5) is 11.7. The standard InChI is InChI=1S/C11H20N2O/c1-10(2)7-4-5-11(10,3)8(6-7)9(14)13-12/h7-8H,4-6,12H2,1-3H3,(H,13,14). The SMILES string of the molecule is CC1(C)C2CCC1(C)C(C(=O)NN)C2. The summed E-state index contributed by atoms with van der Waals surface area (Å²) in [5.74, 6) is 6.09. The van der Waals surface area contributed by atoms with Gasteiger partial charge in [-0.15, -0.1) is 0 Å². The maximum Gasteiger partial charge on any atom is 0.237 e. The number of fused-ring (bicyclic) bond motifs is 2. The van der Waals surface area contributed by atoms with Gasteiger partial charge in [0.15, 0.2) is 0 Å². The van der Waals surface area contributed by atoms with Crippen molar-refractivity contribution < 1.29 is 4.79 Å². The molecule has 3 unspecified atom stereocenters. The molecule has 2 aliphatic carbocycles. The Kier molecular flexibility index (Phi) is 1.94. The fraction of sp³-hybridized carbons (Fsp3) is 0.909. The van der Waals surface area contributed by atoms with Gasteiger partial charge in [0.1, 0.15) is 0 Å². The fourth-order valence-corrected chi connectivity index (χ4v) is 3.70. The van der Waals surface area contributed by atoms with Crippen molar-refractivity contribution in [3.8, 4) is 0 Å². The number of nitrogens with one attached hydrogen (secondary N) is 1. The lowest BCUT2D eigenvalue weighted by atomic mass is 9.66. The number of rotatable bonds is 1. The Morgan fingerprint density at radius 2 is 2.07 bits per heavy atom. The third-order valence-electron chi connectivity index (χ3n) is 5.25. The first-order valence-corrected chi connectivity index (χ1v) is 5.44. The lowest BCUT2D eigenvalue weighted by molar-refractivity contribution is -0.129. The molecule has 2 saturated carbocycles. The van der Waals surface area contributed by atoms with Gasteiger partial charge in [-0.05, 0) is 36.0 Å². The first kappa shape index (κ1) is 9.97. The number of amides is 1. The zero-order chi connectivity index (χ0) is 10.6. The van der Waals surface area contributed by atoms with Crippen molar-refractivity contribution in [2.24, 2.45) is 28.5 Å². The molecule has 0 aromatic carbocycles. The lowest BCUT2D eigenvalue weighted by Crippen LogP contribution is -2.44. The molecule has 3 N–H and O–H groups in total. The van der Waals surface area contributed by atoms with Crippen LogP contribution in [0.4, 0.5) is 0 Å². The number of carbonyl (C=O) groups is 1. The Hall–Kier alpha value is -0.570. The molecule has 14 heavy (non-hydrogen) atoms. The summed E-state index contributed by atoms with van der Waals surface area (Å²) in [5, 5.41) is 0. The van der Waals surface area contributed by atoms with Gasteiger partial charge in [-0.2, -0.15) is 0 Å². The number of nitrogens with two attached hydrogens (primary N) is 1. The predicted octanol–water partition coefficient (Wildman–Crippen LogP) is 1.44. The van der Waals surface area contributed by atoms with Crippen LogP contribution in [0.5, 0.6) is 0 Å². The van der Waals surface area contributed by atoms with E-state index in [0.717, 1.165) is 6.42 Å². The normalized spacial score (nSPS) is 44.0. The van der Waals surface area contributed by atoms with Crippen LogP contribution in [0.25, 0.3) is 0 Å². The molecule has 1 amide bonds. The molecule has 0 aliphatic heterocycles. The molecule has 2 aliphatic rings. The van der Waals surface area contributed by atoms with E-state index in [4.69, 9.17) is 5.84 Å². The highest BCUT2D eigenvalue weighted by atomic mass is 16.2. The molecule has 2 fully saturated rings. The fourth-order valence-electron chi connectivity index (χ4n) is 3.70. The van der Waals surface area contributed by atoms with Crippen LogP contribution in [0.2, 0.25) is 0 Å². The van der Waals surface area contributed by atoms with Crippen molar-refractivity contribution >= 4 is 5.91 Å². The molecule has 3 nitrogen and oxygen atoms in total. The monoisotopic (exact) mass is 196 g/mol. The molecule has 0 aromatic rings. The maximum atomic E-state index is 11.7. The Morgan fingerprint density at radius 1 is 1.43 bits per heavy atom. The van der Waals surface area contributed by atoms with Gasteiger partial charge >= 0.3 is 0 Å². The summed E-state index contributed by atoms with van der Waals surface area (Å²) in [6, 6.07) is 0. The average Bonchev–Trinajstić information content (AvgIpc) is 2.47. The van der Waals surface area contributed by atoms with Gasteiger partial charge in [-0.3, -0.25) is 10.2 Å². The molecule has 3 heteroatoms. The summed E-state index contributed by atoms with van der Waals surface area (Å²) in [5.41, 5.74) is 2.77. The van der Waals surface area contributed by atoms with E-state index in [1.807, 2.05) is 0 Å². The highest BCUT2D eigenvalue weighted by molar-refractivity contribution is 5.79. The smallest absolute Gasteiger partial charge is 0.237 e. The van der Waals surface area contributed by atoms with E-state index in [2.05, 4.69) is 26.2 Å². The minimum Gasteiger partial charge on any atom is -0.294 e. The highest BCUT2D eigenvalue weighted by Gasteiger charge is 2.63. The first-order valence-electron chi connectivity index (χ1n) is 5.44. The molecule has 0 saturated heterocycles. The summed E-state index contributed by atoms with van der Waals surface area (Å²) in [6.45, 7) is 6.85. The number of hydrazine groups is 1. The minimum absolute atomic E-state index is 0.0303. The van der Waals surface area contributed by atoms with Crippen LogP contribution in [-0.2, 0) is 4.79 Å². The van der Waals surface area contributed by atoms with Crippen LogP contribution in [0.15, 0.2) is 0 Å². The topological polar surface area (TPSA) is 55.1 Å². The summed E-state index contributed by atoms with van der Waals surface area (Å²) >= 11 is 0. The second-order valence-corrected chi connectivity index (χ2v) is 5.67. The van der Waals surface area contributed by atoms with Crippen molar-refractivity contribution in [3.05, 3.63) is 0 Å². The van der Waals surface area contributed by atoms with Gasteiger partial charge < -0.3 is 0 Å². The van der Waals surface area contributed by atoms with Crippen LogP contribution in [0.3, 0.4) is 0 Å². The Bertz CT molecular complexity index is 274. The van der Waals surface area contributed by atoms with Crippen molar-refractivity contribution in [3.63, 3.8) is 0 Å². The Morgan fingerprint density at radius 3 is 2.43 bits per heavy atom. The lowest BCUT2D eigenvalue weighted by Gasteiger charge is -2.38. The zero-order valence-electron chi connectivity index (χ0n) is 9.26. The van der Waals surface area contributed by atoms with Crippen molar-refractivity contribution in [1.82, 2.24) is 5.43 Å². The molecular weight excluding hydrogens is 176 g/mol.